The Morgan fingerprint density at radius 1 is 1.10 bits per heavy atom. The second-order valence-electron chi connectivity index (χ2n) is 8.71. The molecule has 2 amide bonds. The Labute approximate surface area is 234 Å². The molecule has 3 heterocycles. The highest BCUT2D eigenvalue weighted by Gasteiger charge is 2.35. The van der Waals surface area contributed by atoms with Crippen molar-refractivity contribution in [2.24, 2.45) is 5.73 Å². The van der Waals surface area contributed by atoms with E-state index in [1.807, 2.05) is 6.92 Å². The van der Waals surface area contributed by atoms with Gasteiger partial charge in [0.1, 0.15) is 33.5 Å². The van der Waals surface area contributed by atoms with Gasteiger partial charge in [-0.3, -0.25) is 9.59 Å². The van der Waals surface area contributed by atoms with Gasteiger partial charge < -0.3 is 20.2 Å². The number of nitrogens with one attached hydrogen (secondary N) is 1. The number of aryl methyl sites for hydroxylation is 1. The lowest BCUT2D eigenvalue weighted by atomic mass is 10.00. The van der Waals surface area contributed by atoms with Gasteiger partial charge in [0.2, 0.25) is 0 Å². The van der Waals surface area contributed by atoms with Crippen molar-refractivity contribution in [2.45, 2.75) is 19.7 Å². The molecule has 0 saturated carbocycles. The fourth-order valence-electron chi connectivity index (χ4n) is 3.96. The zero-order valence-corrected chi connectivity index (χ0v) is 22.2. The molecule has 40 heavy (non-hydrogen) atoms. The van der Waals surface area contributed by atoms with Gasteiger partial charge in [0.15, 0.2) is 5.76 Å². The summed E-state index contributed by atoms with van der Waals surface area (Å²) >= 11 is 6.75. The molecule has 0 aliphatic heterocycles. The third-order valence-corrected chi connectivity index (χ3v) is 7.28. The van der Waals surface area contributed by atoms with E-state index in [4.69, 9.17) is 26.5 Å². The lowest BCUT2D eigenvalue weighted by Gasteiger charge is -2.12. The molecule has 5 aromatic rings. The largest absolute Gasteiger partial charge is 0.484 e. The number of para-hydroxylation sites is 1. The number of nitrogens with two attached hydrogens (primary N) is 1. The van der Waals surface area contributed by atoms with E-state index in [-0.39, 0.29) is 38.7 Å². The van der Waals surface area contributed by atoms with Crippen LogP contribution in [0.4, 0.5) is 18.9 Å². The van der Waals surface area contributed by atoms with Gasteiger partial charge >= 0.3 is 6.18 Å². The molecule has 2 aromatic carbocycles. The van der Waals surface area contributed by atoms with Gasteiger partial charge in [-0.05, 0) is 48.4 Å². The van der Waals surface area contributed by atoms with Crippen molar-refractivity contribution in [3.63, 3.8) is 0 Å². The van der Waals surface area contributed by atoms with Crippen molar-refractivity contribution in [3.8, 4) is 16.9 Å². The number of hydrogen-bond acceptors (Lipinski definition) is 6. The molecular weight excluding hydrogens is 567 g/mol. The SMILES string of the molecule is Cc1ccc(-c2cc(C(F)(F)F)nc3sc(C(N)=O)c(NC(=O)c4ccc(COc5ccccc5Cl)o4)c23)cc1. The smallest absolute Gasteiger partial charge is 0.433 e. The molecule has 3 N–H and O–H groups in total. The number of benzene rings is 2. The minimum atomic E-state index is -4.75. The number of hydrogen-bond donors (Lipinski definition) is 2. The quantitative estimate of drug-likeness (QED) is 0.206. The molecule has 204 valence electrons. The van der Waals surface area contributed by atoms with Gasteiger partial charge in [-0.25, -0.2) is 4.98 Å². The number of amides is 2. The number of nitrogens with zero attached hydrogens (tertiary/aromatic N) is 1. The van der Waals surface area contributed by atoms with Gasteiger partial charge in [0, 0.05) is 5.39 Å². The summed E-state index contributed by atoms with van der Waals surface area (Å²) in [4.78, 5) is 29.0. The zero-order valence-electron chi connectivity index (χ0n) is 20.6. The maximum Gasteiger partial charge on any atom is 0.433 e. The van der Waals surface area contributed by atoms with Crippen LogP contribution in [0.15, 0.2) is 71.1 Å². The summed E-state index contributed by atoms with van der Waals surface area (Å²) in [5.74, 6) is -1.07. The number of halogens is 4. The van der Waals surface area contributed by atoms with E-state index in [1.165, 1.54) is 12.1 Å². The van der Waals surface area contributed by atoms with Crippen molar-refractivity contribution in [1.82, 2.24) is 4.98 Å². The summed E-state index contributed by atoms with van der Waals surface area (Å²) in [6, 6.07) is 17.4. The number of anilines is 1. The van der Waals surface area contributed by atoms with Crippen molar-refractivity contribution >= 4 is 50.7 Å². The normalized spacial score (nSPS) is 11.5. The minimum absolute atomic E-state index is 0.0212. The number of alkyl halides is 3. The number of furan rings is 1. The monoisotopic (exact) mass is 585 g/mol. The average molecular weight is 586 g/mol. The van der Waals surface area contributed by atoms with Crippen LogP contribution < -0.4 is 15.8 Å². The Morgan fingerprint density at radius 3 is 2.50 bits per heavy atom. The van der Waals surface area contributed by atoms with Crippen LogP contribution in [0.3, 0.4) is 0 Å². The van der Waals surface area contributed by atoms with E-state index < -0.39 is 23.7 Å². The highest BCUT2D eigenvalue weighted by Crippen LogP contribution is 2.44. The van der Waals surface area contributed by atoms with Gasteiger partial charge in [-0.15, -0.1) is 11.3 Å². The van der Waals surface area contributed by atoms with Crippen LogP contribution >= 0.6 is 22.9 Å². The fraction of sp³-hybridized carbons (Fsp3) is 0.107. The van der Waals surface area contributed by atoms with Crippen LogP contribution in [0, 0.1) is 6.92 Å². The molecule has 0 bridgehead atoms. The summed E-state index contributed by atoms with van der Waals surface area (Å²) in [6.07, 6.45) is -4.75. The Bertz CT molecular complexity index is 1750. The van der Waals surface area contributed by atoms with E-state index in [1.54, 1.807) is 48.5 Å². The van der Waals surface area contributed by atoms with Crippen LogP contribution in [0.5, 0.6) is 5.75 Å². The molecule has 7 nitrogen and oxygen atoms in total. The van der Waals surface area contributed by atoms with Crippen molar-refractivity contribution in [1.29, 1.82) is 0 Å². The van der Waals surface area contributed by atoms with E-state index >= 15 is 0 Å². The van der Waals surface area contributed by atoms with E-state index in [9.17, 15) is 22.8 Å². The zero-order chi connectivity index (χ0) is 28.6. The number of thiophene rings is 1. The molecule has 0 fully saturated rings. The molecule has 3 aromatic heterocycles. The highest BCUT2D eigenvalue weighted by atomic mass is 35.5. The summed E-state index contributed by atoms with van der Waals surface area (Å²) in [7, 11) is 0. The number of aromatic nitrogens is 1. The number of pyridine rings is 1. The molecule has 5 rings (SSSR count). The second kappa shape index (κ2) is 10.7. The molecule has 0 aliphatic rings. The first-order valence-corrected chi connectivity index (χ1v) is 12.9. The predicted octanol–water partition coefficient (Wildman–Crippen LogP) is 7.47. The third kappa shape index (κ3) is 5.51. The summed E-state index contributed by atoms with van der Waals surface area (Å²) in [5, 5.41) is 3.16. The lowest BCUT2D eigenvalue weighted by molar-refractivity contribution is -0.140. The molecule has 0 saturated heterocycles. The van der Waals surface area contributed by atoms with Gasteiger partial charge in [-0.2, -0.15) is 13.2 Å². The van der Waals surface area contributed by atoms with Crippen LogP contribution in [0.1, 0.15) is 37.2 Å². The predicted molar refractivity (Wildman–Crippen MR) is 146 cm³/mol. The number of fused-ring (bicyclic) bond motifs is 1. The Balaban J connectivity index is 1.53. The second-order valence-corrected chi connectivity index (χ2v) is 10.1. The van der Waals surface area contributed by atoms with Crippen molar-refractivity contribution < 1.29 is 31.9 Å². The summed E-state index contributed by atoms with van der Waals surface area (Å²) in [5.41, 5.74) is 5.82. The van der Waals surface area contributed by atoms with E-state index in [0.29, 0.717) is 33.4 Å². The maximum atomic E-state index is 13.7. The molecular formula is C28H19ClF3N3O4S. The molecule has 12 heteroatoms. The van der Waals surface area contributed by atoms with Crippen LogP contribution in [-0.4, -0.2) is 16.8 Å². The Morgan fingerprint density at radius 2 is 1.82 bits per heavy atom. The van der Waals surface area contributed by atoms with E-state index in [0.717, 1.165) is 11.6 Å². The standard InChI is InChI=1S/C28H19ClF3N3O4S/c1-14-6-8-15(9-7-14)17-12-21(28(30,31)32)34-27-22(17)23(24(40-27)25(33)36)35-26(37)20-11-10-16(39-20)13-38-19-5-3-2-4-18(19)29/h2-12H,13H2,1H3,(H2,33,36)(H,35,37). The van der Waals surface area contributed by atoms with Crippen LogP contribution in [0.2, 0.25) is 5.02 Å². The lowest BCUT2D eigenvalue weighted by Crippen LogP contribution is -2.16. The number of primary amides is 1. The topological polar surface area (TPSA) is 107 Å². The number of carbonyl (C=O) groups is 2. The maximum absolute atomic E-state index is 13.7. The van der Waals surface area contributed by atoms with Gasteiger partial charge in [-0.1, -0.05) is 53.6 Å². The molecule has 0 atom stereocenters. The molecule has 0 radical (unpaired) electrons. The molecule has 0 unspecified atom stereocenters. The highest BCUT2D eigenvalue weighted by molar-refractivity contribution is 7.21. The fourth-order valence-corrected chi connectivity index (χ4v) is 5.16. The minimum Gasteiger partial charge on any atom is -0.484 e. The molecule has 0 spiro atoms. The first-order valence-electron chi connectivity index (χ1n) is 11.7. The van der Waals surface area contributed by atoms with E-state index in [2.05, 4.69) is 10.3 Å². The Kier molecular flexibility index (Phi) is 7.26. The summed E-state index contributed by atoms with van der Waals surface area (Å²) < 4.78 is 52.4. The molecule has 0 aliphatic carbocycles. The third-order valence-electron chi connectivity index (χ3n) is 5.87. The van der Waals surface area contributed by atoms with Gasteiger partial charge in [0.25, 0.3) is 11.8 Å². The first-order chi connectivity index (χ1) is 19.0. The Hall–Kier alpha value is -4.35. The number of ether oxygens (including phenoxy) is 1. The van der Waals surface area contributed by atoms with Gasteiger partial charge in [0.05, 0.1) is 10.7 Å². The van der Waals surface area contributed by atoms with Crippen molar-refractivity contribution in [2.75, 3.05) is 5.32 Å². The van der Waals surface area contributed by atoms with Crippen LogP contribution in [-0.2, 0) is 12.8 Å². The average Bonchev–Trinajstić information content (AvgIpc) is 3.53. The van der Waals surface area contributed by atoms with Crippen molar-refractivity contribution in [3.05, 3.63) is 99.4 Å². The number of carbonyl (C=O) groups excluding carboxylic acids is 2. The summed E-state index contributed by atoms with van der Waals surface area (Å²) in [6.45, 7) is 1.82. The van der Waals surface area contributed by atoms with Crippen LogP contribution in [0.25, 0.3) is 21.3 Å². The number of rotatable bonds is 7. The first kappa shape index (κ1) is 27.2.